The molecule has 2 aromatic rings. The van der Waals surface area contributed by atoms with Gasteiger partial charge in [-0.2, -0.15) is 0 Å². The highest BCUT2D eigenvalue weighted by atomic mass is 16.4. The largest absolute Gasteiger partial charge is 0.478 e. The van der Waals surface area contributed by atoms with E-state index in [0.29, 0.717) is 11.5 Å². The highest BCUT2D eigenvalue weighted by Crippen LogP contribution is 2.35. The van der Waals surface area contributed by atoms with E-state index in [4.69, 9.17) is 5.11 Å². The average molecular weight is 268 g/mol. The molecule has 0 aliphatic heterocycles. The van der Waals surface area contributed by atoms with Crippen LogP contribution >= 0.6 is 0 Å². The zero-order valence-electron chi connectivity index (χ0n) is 11.1. The van der Waals surface area contributed by atoms with Gasteiger partial charge in [0.15, 0.2) is 0 Å². The molecule has 0 saturated heterocycles. The molecule has 1 aromatic heterocycles. The van der Waals surface area contributed by atoms with Crippen molar-refractivity contribution in [1.82, 2.24) is 9.55 Å². The van der Waals surface area contributed by atoms with E-state index in [1.165, 1.54) is 5.56 Å². The molecule has 4 heteroatoms. The molecule has 20 heavy (non-hydrogen) atoms. The lowest BCUT2D eigenvalue weighted by Crippen LogP contribution is -2.18. The molecule has 1 N–H and O–H groups in total. The molecule has 1 aromatic carbocycles. The molecule has 0 saturated carbocycles. The fourth-order valence-corrected chi connectivity index (χ4v) is 2.80. The maximum absolute atomic E-state index is 11.1. The van der Waals surface area contributed by atoms with Gasteiger partial charge in [0.2, 0.25) is 0 Å². The number of fused-ring (bicyclic) bond motifs is 1. The standard InChI is InChI=1S/C16H16N2O2/c1-11-14(9-18-7-6-17-10-18)5-3-12-2-4-13(16(19)20)8-15(11)12/h2,4,6-8,10,14H,1,3,5,9H2,(H,19,20). The van der Waals surface area contributed by atoms with Crippen LogP contribution in [0.5, 0.6) is 0 Å². The summed E-state index contributed by atoms with van der Waals surface area (Å²) >= 11 is 0. The molecule has 0 bridgehead atoms. The van der Waals surface area contributed by atoms with Gasteiger partial charge in [-0.05, 0) is 41.7 Å². The van der Waals surface area contributed by atoms with Crippen LogP contribution in [0.15, 0.2) is 43.5 Å². The Morgan fingerprint density at radius 1 is 1.50 bits per heavy atom. The fourth-order valence-electron chi connectivity index (χ4n) is 2.80. The van der Waals surface area contributed by atoms with Crippen molar-refractivity contribution in [1.29, 1.82) is 0 Å². The summed E-state index contributed by atoms with van der Waals surface area (Å²) in [6.07, 6.45) is 7.51. The minimum Gasteiger partial charge on any atom is -0.478 e. The zero-order valence-corrected chi connectivity index (χ0v) is 11.1. The van der Waals surface area contributed by atoms with Gasteiger partial charge in [-0.15, -0.1) is 0 Å². The van der Waals surface area contributed by atoms with Crippen molar-refractivity contribution in [2.24, 2.45) is 5.92 Å². The molecule has 0 spiro atoms. The maximum Gasteiger partial charge on any atom is 0.335 e. The van der Waals surface area contributed by atoms with E-state index in [0.717, 1.165) is 30.5 Å². The number of carboxylic acids is 1. The van der Waals surface area contributed by atoms with E-state index in [1.807, 2.05) is 16.8 Å². The smallest absolute Gasteiger partial charge is 0.335 e. The molecule has 0 radical (unpaired) electrons. The maximum atomic E-state index is 11.1. The second kappa shape index (κ2) is 4.96. The van der Waals surface area contributed by atoms with Gasteiger partial charge in [0.25, 0.3) is 0 Å². The molecule has 1 heterocycles. The third-order valence-corrected chi connectivity index (χ3v) is 3.95. The van der Waals surface area contributed by atoms with Gasteiger partial charge in [-0.1, -0.05) is 12.6 Å². The second-order valence-corrected chi connectivity index (χ2v) is 5.20. The molecule has 102 valence electrons. The van der Waals surface area contributed by atoms with Gasteiger partial charge >= 0.3 is 5.97 Å². The lowest BCUT2D eigenvalue weighted by Gasteiger charge is -2.27. The Bertz CT molecular complexity index is 659. The quantitative estimate of drug-likeness (QED) is 0.931. The summed E-state index contributed by atoms with van der Waals surface area (Å²) in [5, 5.41) is 9.10. The predicted octanol–water partition coefficient (Wildman–Crippen LogP) is 2.86. The molecule has 1 atom stereocenters. The summed E-state index contributed by atoms with van der Waals surface area (Å²) in [4.78, 5) is 15.1. The van der Waals surface area contributed by atoms with Gasteiger partial charge in [0.05, 0.1) is 11.9 Å². The Morgan fingerprint density at radius 3 is 3.05 bits per heavy atom. The van der Waals surface area contributed by atoms with Gasteiger partial charge in [-0.25, -0.2) is 9.78 Å². The number of imidazole rings is 1. The molecule has 1 aliphatic rings. The average Bonchev–Trinajstić information content (AvgIpc) is 2.94. The Balaban J connectivity index is 1.89. The molecular weight excluding hydrogens is 252 g/mol. The van der Waals surface area contributed by atoms with Crippen molar-refractivity contribution in [2.45, 2.75) is 19.4 Å². The first-order valence-electron chi connectivity index (χ1n) is 6.66. The summed E-state index contributed by atoms with van der Waals surface area (Å²) in [5.74, 6) is -0.557. The Kier molecular flexibility index (Phi) is 3.14. The van der Waals surface area contributed by atoms with Crippen LogP contribution in [0, 0.1) is 5.92 Å². The van der Waals surface area contributed by atoms with Crippen molar-refractivity contribution in [3.8, 4) is 0 Å². The summed E-state index contributed by atoms with van der Waals surface area (Å²) in [7, 11) is 0. The van der Waals surface area contributed by atoms with Crippen molar-refractivity contribution >= 4 is 11.5 Å². The summed E-state index contributed by atoms with van der Waals surface area (Å²) in [6.45, 7) is 5.03. The van der Waals surface area contributed by atoms with E-state index < -0.39 is 5.97 Å². The first-order chi connectivity index (χ1) is 9.65. The lowest BCUT2D eigenvalue weighted by atomic mass is 9.79. The SMILES string of the molecule is C=C1c2cc(C(=O)O)ccc2CCC1Cn1ccnc1. The summed E-state index contributed by atoms with van der Waals surface area (Å²) in [5.41, 5.74) is 3.55. The number of carboxylic acid groups (broad SMARTS) is 1. The normalized spacial score (nSPS) is 17.8. The third kappa shape index (κ3) is 2.25. The fraction of sp³-hybridized carbons (Fsp3) is 0.250. The number of aromatic nitrogens is 2. The number of benzene rings is 1. The first kappa shape index (κ1) is 12.7. The van der Waals surface area contributed by atoms with Crippen LogP contribution in [0.2, 0.25) is 0 Å². The van der Waals surface area contributed by atoms with Gasteiger partial charge in [0, 0.05) is 24.9 Å². The molecular formula is C16H16N2O2. The van der Waals surface area contributed by atoms with E-state index >= 15 is 0 Å². The van der Waals surface area contributed by atoms with Gasteiger partial charge in [0.1, 0.15) is 0 Å². The summed E-state index contributed by atoms with van der Waals surface area (Å²) in [6, 6.07) is 5.34. The van der Waals surface area contributed by atoms with Crippen molar-refractivity contribution < 1.29 is 9.90 Å². The molecule has 4 nitrogen and oxygen atoms in total. The Labute approximate surface area is 117 Å². The van der Waals surface area contributed by atoms with E-state index in [2.05, 4.69) is 11.6 Å². The number of nitrogens with zero attached hydrogens (tertiary/aromatic N) is 2. The minimum absolute atomic E-state index is 0.327. The van der Waals surface area contributed by atoms with Gasteiger partial charge < -0.3 is 9.67 Å². The number of carbonyl (C=O) groups is 1. The molecule has 0 amide bonds. The topological polar surface area (TPSA) is 55.1 Å². The highest BCUT2D eigenvalue weighted by Gasteiger charge is 2.23. The monoisotopic (exact) mass is 268 g/mol. The van der Waals surface area contributed by atoms with E-state index in [-0.39, 0.29) is 0 Å². The van der Waals surface area contributed by atoms with Gasteiger partial charge in [-0.3, -0.25) is 0 Å². The van der Waals surface area contributed by atoms with E-state index in [1.54, 1.807) is 24.7 Å². The third-order valence-electron chi connectivity index (χ3n) is 3.95. The van der Waals surface area contributed by atoms with Crippen molar-refractivity contribution in [3.05, 3.63) is 60.2 Å². The molecule has 3 rings (SSSR count). The molecule has 1 aliphatic carbocycles. The molecule has 0 fully saturated rings. The Morgan fingerprint density at radius 2 is 2.35 bits per heavy atom. The molecule has 1 unspecified atom stereocenters. The highest BCUT2D eigenvalue weighted by molar-refractivity contribution is 5.89. The van der Waals surface area contributed by atoms with Crippen LogP contribution in [-0.2, 0) is 13.0 Å². The zero-order chi connectivity index (χ0) is 14.1. The lowest BCUT2D eigenvalue weighted by molar-refractivity contribution is 0.0697. The van der Waals surface area contributed by atoms with Crippen molar-refractivity contribution in [2.75, 3.05) is 0 Å². The van der Waals surface area contributed by atoms with Crippen LogP contribution < -0.4 is 0 Å². The van der Waals surface area contributed by atoms with Crippen LogP contribution in [-0.4, -0.2) is 20.6 Å². The van der Waals surface area contributed by atoms with Crippen LogP contribution in [0.25, 0.3) is 5.57 Å². The summed E-state index contributed by atoms with van der Waals surface area (Å²) < 4.78 is 2.04. The number of hydrogen-bond donors (Lipinski definition) is 1. The van der Waals surface area contributed by atoms with Crippen molar-refractivity contribution in [3.63, 3.8) is 0 Å². The number of aromatic carboxylic acids is 1. The number of aryl methyl sites for hydroxylation is 1. The number of hydrogen-bond acceptors (Lipinski definition) is 2. The number of rotatable bonds is 3. The number of allylic oxidation sites excluding steroid dienone is 1. The minimum atomic E-state index is -0.891. The van der Waals surface area contributed by atoms with Crippen LogP contribution in [0.4, 0.5) is 0 Å². The van der Waals surface area contributed by atoms with Crippen LogP contribution in [0.1, 0.15) is 27.9 Å². The van der Waals surface area contributed by atoms with E-state index in [9.17, 15) is 4.79 Å². The first-order valence-corrected chi connectivity index (χ1v) is 6.66. The second-order valence-electron chi connectivity index (χ2n) is 5.20. The van der Waals surface area contributed by atoms with Crippen LogP contribution in [0.3, 0.4) is 0 Å². The Hall–Kier alpha value is -2.36. The predicted molar refractivity (Wildman–Crippen MR) is 76.5 cm³/mol.